The number of nitrogens with two attached hydrogens (primary N) is 1. The minimum absolute atomic E-state index is 0.257. The maximum Gasteiger partial charge on any atom is 0.144 e. The van der Waals surface area contributed by atoms with Gasteiger partial charge in [-0.1, -0.05) is 19.0 Å². The molecule has 0 saturated carbocycles. The lowest BCUT2D eigenvalue weighted by atomic mass is 9.86. The van der Waals surface area contributed by atoms with Gasteiger partial charge in [0, 0.05) is 17.3 Å². The van der Waals surface area contributed by atoms with Gasteiger partial charge in [-0.05, 0) is 33.4 Å². The first-order valence-electron chi connectivity index (χ1n) is 6.42. The van der Waals surface area contributed by atoms with E-state index in [9.17, 15) is 0 Å². The summed E-state index contributed by atoms with van der Waals surface area (Å²) in [5.74, 6) is 0.297. The average Bonchev–Trinajstić information content (AvgIpc) is 2.73. The molecule has 0 aliphatic carbocycles. The van der Waals surface area contributed by atoms with Crippen molar-refractivity contribution in [3.8, 4) is 0 Å². The summed E-state index contributed by atoms with van der Waals surface area (Å²) in [5, 5.41) is 15.0. The van der Waals surface area contributed by atoms with Crippen LogP contribution in [0.2, 0.25) is 0 Å². The van der Waals surface area contributed by atoms with Crippen LogP contribution in [0.25, 0.3) is 0 Å². The van der Waals surface area contributed by atoms with E-state index in [0.717, 1.165) is 36.6 Å². The molecular weight excluding hydrogens is 260 g/mol. The van der Waals surface area contributed by atoms with Crippen LogP contribution in [0.1, 0.15) is 37.4 Å². The third-order valence-electron chi connectivity index (χ3n) is 3.24. The van der Waals surface area contributed by atoms with Gasteiger partial charge >= 0.3 is 0 Å². The summed E-state index contributed by atoms with van der Waals surface area (Å²) in [7, 11) is 2.09. The number of aryl methyl sites for hydroxylation is 1. The van der Waals surface area contributed by atoms with Crippen molar-refractivity contribution in [2.45, 2.75) is 40.2 Å². The predicted octanol–water partition coefficient (Wildman–Crippen LogP) is 2.44. The topological polar surface area (TPSA) is 74.7 Å². The zero-order valence-corrected chi connectivity index (χ0v) is 13.0. The summed E-state index contributed by atoms with van der Waals surface area (Å²) in [6.07, 6.45) is 1.90. The molecule has 0 saturated heterocycles. The summed E-state index contributed by atoms with van der Waals surface area (Å²) < 4.78 is 0. The van der Waals surface area contributed by atoms with Crippen molar-refractivity contribution in [1.82, 2.24) is 9.88 Å². The highest BCUT2D eigenvalue weighted by Crippen LogP contribution is 2.22. The second kappa shape index (κ2) is 6.86. The van der Waals surface area contributed by atoms with Crippen molar-refractivity contribution < 1.29 is 5.21 Å². The van der Waals surface area contributed by atoms with Gasteiger partial charge in [0.15, 0.2) is 0 Å². The second-order valence-corrected chi connectivity index (χ2v) is 6.63. The quantitative estimate of drug-likeness (QED) is 0.349. The van der Waals surface area contributed by atoms with Crippen LogP contribution in [0, 0.1) is 12.3 Å². The minimum Gasteiger partial charge on any atom is -0.409 e. The normalized spacial score (nSPS) is 13.2. The van der Waals surface area contributed by atoms with E-state index >= 15 is 0 Å². The molecule has 1 aromatic heterocycles. The molecule has 0 bridgehead atoms. The fraction of sp³-hybridized carbons (Fsp3) is 0.692. The molecular formula is C13H24N4OS. The molecule has 1 heterocycles. The van der Waals surface area contributed by atoms with Crippen LogP contribution in [-0.2, 0) is 6.54 Å². The lowest BCUT2D eigenvalue weighted by Gasteiger charge is -2.24. The van der Waals surface area contributed by atoms with E-state index in [1.165, 1.54) is 0 Å². The van der Waals surface area contributed by atoms with Gasteiger partial charge in [0.2, 0.25) is 0 Å². The number of aromatic nitrogens is 1. The second-order valence-electron chi connectivity index (χ2n) is 5.57. The lowest BCUT2D eigenvalue weighted by molar-refractivity contribution is 0.286. The smallest absolute Gasteiger partial charge is 0.144 e. The molecule has 6 heteroatoms. The summed E-state index contributed by atoms with van der Waals surface area (Å²) in [5.41, 5.74) is 6.54. The van der Waals surface area contributed by atoms with E-state index in [1.54, 1.807) is 11.3 Å². The van der Waals surface area contributed by atoms with Gasteiger partial charge in [-0.2, -0.15) is 0 Å². The highest BCUT2D eigenvalue weighted by Gasteiger charge is 2.23. The van der Waals surface area contributed by atoms with E-state index in [0.29, 0.717) is 5.84 Å². The Bertz CT molecular complexity index is 428. The highest BCUT2D eigenvalue weighted by molar-refractivity contribution is 7.09. The summed E-state index contributed by atoms with van der Waals surface area (Å²) in [4.78, 5) is 6.70. The van der Waals surface area contributed by atoms with E-state index in [1.807, 2.05) is 20.8 Å². The van der Waals surface area contributed by atoms with Crippen molar-refractivity contribution in [3.05, 3.63) is 16.1 Å². The Balaban J connectivity index is 2.33. The van der Waals surface area contributed by atoms with Crippen molar-refractivity contribution in [1.29, 1.82) is 0 Å². The van der Waals surface area contributed by atoms with Crippen LogP contribution in [0.15, 0.2) is 10.5 Å². The first-order valence-corrected chi connectivity index (χ1v) is 7.30. The SMILES string of the molecule is Cc1nc(CN(C)CCCC(C)(C)C(N)=NO)cs1. The maximum absolute atomic E-state index is 8.72. The van der Waals surface area contributed by atoms with Gasteiger partial charge < -0.3 is 15.8 Å². The molecule has 0 unspecified atom stereocenters. The summed E-state index contributed by atoms with van der Waals surface area (Å²) in [6, 6.07) is 0. The van der Waals surface area contributed by atoms with Crippen LogP contribution in [0.4, 0.5) is 0 Å². The number of rotatable bonds is 7. The Morgan fingerprint density at radius 3 is 2.79 bits per heavy atom. The molecule has 108 valence electrons. The number of oxime groups is 1. The van der Waals surface area contributed by atoms with Crippen molar-refractivity contribution >= 4 is 17.2 Å². The molecule has 0 atom stereocenters. The highest BCUT2D eigenvalue weighted by atomic mass is 32.1. The number of hydrogen-bond donors (Lipinski definition) is 2. The molecule has 1 rings (SSSR count). The number of amidine groups is 1. The monoisotopic (exact) mass is 284 g/mol. The molecule has 0 spiro atoms. The third kappa shape index (κ3) is 5.16. The van der Waals surface area contributed by atoms with Gasteiger partial charge in [0.25, 0.3) is 0 Å². The van der Waals surface area contributed by atoms with Crippen LogP contribution >= 0.6 is 11.3 Å². The molecule has 0 aromatic carbocycles. The van der Waals surface area contributed by atoms with Gasteiger partial charge in [-0.3, -0.25) is 0 Å². The van der Waals surface area contributed by atoms with Gasteiger partial charge in [0.1, 0.15) is 5.84 Å². The molecule has 0 radical (unpaired) electrons. The Morgan fingerprint density at radius 1 is 1.58 bits per heavy atom. The molecule has 0 fully saturated rings. The molecule has 0 aliphatic rings. The average molecular weight is 284 g/mol. The van der Waals surface area contributed by atoms with Gasteiger partial charge in [-0.25, -0.2) is 4.98 Å². The number of nitrogens with zero attached hydrogens (tertiary/aromatic N) is 3. The third-order valence-corrected chi connectivity index (χ3v) is 4.06. The van der Waals surface area contributed by atoms with E-state index in [-0.39, 0.29) is 5.41 Å². The van der Waals surface area contributed by atoms with Crippen molar-refractivity contribution in [2.75, 3.05) is 13.6 Å². The Hall–Kier alpha value is -1.14. The van der Waals surface area contributed by atoms with Crippen LogP contribution in [-0.4, -0.2) is 34.5 Å². The van der Waals surface area contributed by atoms with Crippen molar-refractivity contribution in [2.24, 2.45) is 16.3 Å². The minimum atomic E-state index is -0.257. The fourth-order valence-electron chi connectivity index (χ4n) is 1.89. The zero-order valence-electron chi connectivity index (χ0n) is 12.2. The molecule has 1 aromatic rings. The number of hydrogen-bond acceptors (Lipinski definition) is 5. The van der Waals surface area contributed by atoms with E-state index in [2.05, 4.69) is 27.5 Å². The summed E-state index contributed by atoms with van der Waals surface area (Å²) in [6.45, 7) is 7.85. The van der Waals surface area contributed by atoms with Gasteiger partial charge in [-0.15, -0.1) is 11.3 Å². The van der Waals surface area contributed by atoms with E-state index < -0.39 is 0 Å². The summed E-state index contributed by atoms with van der Waals surface area (Å²) >= 11 is 1.68. The Morgan fingerprint density at radius 2 is 2.26 bits per heavy atom. The van der Waals surface area contributed by atoms with E-state index in [4.69, 9.17) is 10.9 Å². The zero-order chi connectivity index (χ0) is 14.5. The fourth-order valence-corrected chi connectivity index (χ4v) is 2.49. The number of thiazole rings is 1. The Kier molecular flexibility index (Phi) is 5.75. The lowest BCUT2D eigenvalue weighted by Crippen LogP contribution is -2.32. The standard InChI is InChI=1S/C13H24N4OS/c1-10-15-11(9-19-10)8-17(4)7-5-6-13(2,3)12(14)16-18/h9,18H,5-8H2,1-4H3,(H2,14,16). The molecule has 19 heavy (non-hydrogen) atoms. The van der Waals surface area contributed by atoms with Crippen molar-refractivity contribution in [3.63, 3.8) is 0 Å². The van der Waals surface area contributed by atoms with Crippen LogP contribution in [0.3, 0.4) is 0 Å². The first-order chi connectivity index (χ1) is 8.85. The van der Waals surface area contributed by atoms with Crippen LogP contribution < -0.4 is 5.73 Å². The molecule has 3 N–H and O–H groups in total. The van der Waals surface area contributed by atoms with Gasteiger partial charge in [0.05, 0.1) is 10.7 Å². The first kappa shape index (κ1) is 15.9. The maximum atomic E-state index is 8.72. The molecule has 0 aliphatic heterocycles. The molecule has 5 nitrogen and oxygen atoms in total. The largest absolute Gasteiger partial charge is 0.409 e. The van der Waals surface area contributed by atoms with Crippen LogP contribution in [0.5, 0.6) is 0 Å². The Labute approximate surface area is 119 Å². The predicted molar refractivity (Wildman–Crippen MR) is 79.6 cm³/mol. The molecule has 0 amide bonds.